The van der Waals surface area contributed by atoms with Crippen molar-refractivity contribution in [3.8, 4) is 0 Å². The van der Waals surface area contributed by atoms with Crippen LogP contribution in [0.25, 0.3) is 0 Å². The Morgan fingerprint density at radius 3 is 3.09 bits per heavy atom. The maximum atomic E-state index is 13.8. The summed E-state index contributed by atoms with van der Waals surface area (Å²) in [5.41, 5.74) is 0.209. The molecule has 0 radical (unpaired) electrons. The van der Waals surface area contributed by atoms with Crippen LogP contribution in [0.15, 0.2) is 18.2 Å². The summed E-state index contributed by atoms with van der Waals surface area (Å²) in [5, 5.41) is 3.08. The summed E-state index contributed by atoms with van der Waals surface area (Å²) in [6.45, 7) is 0.975. The number of fused-ring (bicyclic) bond motifs is 1. The molecule has 0 unspecified atom stereocenters. The molecule has 0 bridgehead atoms. The molecule has 2 atom stereocenters. The molecule has 118 valence electrons. The number of hydrogen-bond donors (Lipinski definition) is 1. The Labute approximate surface area is 132 Å². The van der Waals surface area contributed by atoms with Crippen LogP contribution in [0.1, 0.15) is 12.0 Å². The number of hydrogen-bond acceptors (Lipinski definition) is 3. The molecule has 3 rings (SSSR count). The minimum Gasteiger partial charge on any atom is -0.366 e. The van der Waals surface area contributed by atoms with Gasteiger partial charge in [-0.05, 0) is 18.6 Å². The third-order valence-electron chi connectivity index (χ3n) is 4.07. The first-order valence-electron chi connectivity index (χ1n) is 7.16. The maximum Gasteiger partial charge on any atom is 0.246 e. The van der Waals surface area contributed by atoms with E-state index in [0.717, 1.165) is 0 Å². The molecule has 2 aliphatic heterocycles. The highest BCUT2D eigenvalue weighted by atomic mass is 35.5. The predicted octanol–water partition coefficient (Wildman–Crippen LogP) is 1.14. The van der Waals surface area contributed by atoms with Gasteiger partial charge < -0.3 is 15.0 Å². The molecule has 0 spiro atoms. The lowest BCUT2D eigenvalue weighted by molar-refractivity contribution is -0.146. The first-order chi connectivity index (χ1) is 10.5. The predicted molar refractivity (Wildman–Crippen MR) is 78.0 cm³/mol. The number of nitrogens with zero attached hydrogens (tertiary/aromatic N) is 1. The van der Waals surface area contributed by atoms with Crippen LogP contribution in [0, 0.1) is 5.82 Å². The van der Waals surface area contributed by atoms with Crippen molar-refractivity contribution in [3.63, 3.8) is 0 Å². The number of nitrogens with one attached hydrogen (secondary N) is 1. The van der Waals surface area contributed by atoms with Crippen LogP contribution in [-0.2, 0) is 20.7 Å². The van der Waals surface area contributed by atoms with E-state index in [9.17, 15) is 14.0 Å². The number of benzene rings is 1. The van der Waals surface area contributed by atoms with E-state index < -0.39 is 5.82 Å². The SMILES string of the molecule is O=C1CO[C@H]2CCN(C(=O)Cc3c(F)cccc3Cl)C[C@H]2N1. The number of rotatable bonds is 2. The number of halogens is 2. The molecule has 1 aromatic rings. The Kier molecular flexibility index (Phi) is 4.31. The zero-order valence-corrected chi connectivity index (χ0v) is 12.6. The highest BCUT2D eigenvalue weighted by molar-refractivity contribution is 6.31. The van der Waals surface area contributed by atoms with Gasteiger partial charge in [0.05, 0.1) is 18.6 Å². The summed E-state index contributed by atoms with van der Waals surface area (Å²) in [7, 11) is 0. The highest BCUT2D eigenvalue weighted by Crippen LogP contribution is 2.22. The molecule has 5 nitrogen and oxygen atoms in total. The van der Waals surface area contributed by atoms with Gasteiger partial charge in [-0.25, -0.2) is 4.39 Å². The van der Waals surface area contributed by atoms with Crippen molar-refractivity contribution in [2.24, 2.45) is 0 Å². The van der Waals surface area contributed by atoms with Crippen molar-refractivity contribution < 1.29 is 18.7 Å². The number of morpholine rings is 1. The van der Waals surface area contributed by atoms with Crippen molar-refractivity contribution in [1.82, 2.24) is 10.2 Å². The fraction of sp³-hybridized carbons (Fsp3) is 0.467. The molecule has 7 heteroatoms. The second kappa shape index (κ2) is 6.22. The van der Waals surface area contributed by atoms with Crippen molar-refractivity contribution in [1.29, 1.82) is 0 Å². The van der Waals surface area contributed by atoms with E-state index in [1.165, 1.54) is 12.1 Å². The van der Waals surface area contributed by atoms with Gasteiger partial charge in [0.15, 0.2) is 0 Å². The fourth-order valence-electron chi connectivity index (χ4n) is 2.89. The van der Waals surface area contributed by atoms with Gasteiger partial charge in [-0.2, -0.15) is 0 Å². The van der Waals surface area contributed by atoms with Crippen LogP contribution in [0.5, 0.6) is 0 Å². The lowest BCUT2D eigenvalue weighted by Gasteiger charge is -2.41. The summed E-state index contributed by atoms with van der Waals surface area (Å²) in [4.78, 5) is 25.4. The molecule has 1 aromatic carbocycles. The van der Waals surface area contributed by atoms with Gasteiger partial charge in [0.1, 0.15) is 12.4 Å². The number of carbonyl (C=O) groups excluding carboxylic acids is 2. The smallest absolute Gasteiger partial charge is 0.246 e. The Hall–Kier alpha value is -1.66. The minimum absolute atomic E-state index is 0.0567. The van der Waals surface area contributed by atoms with Crippen LogP contribution in [0.4, 0.5) is 4.39 Å². The van der Waals surface area contributed by atoms with Crippen molar-refractivity contribution in [2.45, 2.75) is 25.0 Å². The highest BCUT2D eigenvalue weighted by Gasteiger charge is 2.36. The summed E-state index contributed by atoms with van der Waals surface area (Å²) in [6.07, 6.45) is 0.512. The number of ether oxygens (including phenoxy) is 1. The van der Waals surface area contributed by atoms with Gasteiger partial charge in [-0.15, -0.1) is 0 Å². The largest absolute Gasteiger partial charge is 0.366 e. The average molecular weight is 327 g/mol. The molecule has 2 aliphatic rings. The normalized spacial score (nSPS) is 24.6. The van der Waals surface area contributed by atoms with Gasteiger partial charge in [0, 0.05) is 23.7 Å². The van der Waals surface area contributed by atoms with Crippen molar-refractivity contribution in [3.05, 3.63) is 34.6 Å². The summed E-state index contributed by atoms with van der Waals surface area (Å²) in [5.74, 6) is -0.858. The third kappa shape index (κ3) is 3.08. The van der Waals surface area contributed by atoms with Crippen LogP contribution in [0.3, 0.4) is 0 Å². The summed E-state index contributed by atoms with van der Waals surface area (Å²) >= 11 is 5.95. The number of piperidine rings is 1. The van der Waals surface area contributed by atoms with E-state index in [2.05, 4.69) is 5.32 Å². The lowest BCUT2D eigenvalue weighted by atomic mass is 9.99. The van der Waals surface area contributed by atoms with E-state index in [1.54, 1.807) is 11.0 Å². The van der Waals surface area contributed by atoms with Crippen LogP contribution < -0.4 is 5.32 Å². The van der Waals surface area contributed by atoms with E-state index in [-0.39, 0.29) is 47.6 Å². The molecule has 0 saturated carbocycles. The topological polar surface area (TPSA) is 58.6 Å². The standard InChI is InChI=1S/C15H16ClFN2O3/c16-10-2-1-3-11(17)9(10)6-15(21)19-5-4-13-12(7-19)18-14(20)8-22-13/h1-3,12-13H,4-8H2,(H,18,20)/t12-,13+/m1/s1. The van der Waals surface area contributed by atoms with E-state index in [4.69, 9.17) is 16.3 Å². The molecule has 0 aromatic heterocycles. The average Bonchev–Trinajstić information content (AvgIpc) is 2.50. The van der Waals surface area contributed by atoms with E-state index >= 15 is 0 Å². The molecule has 1 N–H and O–H groups in total. The molecular weight excluding hydrogens is 311 g/mol. The minimum atomic E-state index is -0.481. The van der Waals surface area contributed by atoms with Gasteiger partial charge in [-0.3, -0.25) is 9.59 Å². The molecule has 2 heterocycles. The Bertz CT molecular complexity index is 590. The van der Waals surface area contributed by atoms with Crippen molar-refractivity contribution >= 4 is 23.4 Å². The van der Waals surface area contributed by atoms with Gasteiger partial charge >= 0.3 is 0 Å². The monoisotopic (exact) mass is 326 g/mol. The summed E-state index contributed by atoms with van der Waals surface area (Å²) < 4.78 is 19.2. The molecule has 2 fully saturated rings. The molecule has 22 heavy (non-hydrogen) atoms. The molecular formula is C15H16ClFN2O3. The number of likely N-dealkylation sites (tertiary alicyclic amines) is 1. The fourth-order valence-corrected chi connectivity index (χ4v) is 3.12. The summed E-state index contributed by atoms with van der Waals surface area (Å²) in [6, 6.07) is 4.16. The van der Waals surface area contributed by atoms with Crippen LogP contribution in [-0.4, -0.2) is 48.6 Å². The quantitative estimate of drug-likeness (QED) is 0.886. The second-order valence-corrected chi connectivity index (χ2v) is 5.94. The zero-order valence-electron chi connectivity index (χ0n) is 11.9. The number of carbonyl (C=O) groups is 2. The second-order valence-electron chi connectivity index (χ2n) is 5.53. The maximum absolute atomic E-state index is 13.8. The molecule has 0 aliphatic carbocycles. The number of amides is 2. The zero-order chi connectivity index (χ0) is 15.7. The lowest BCUT2D eigenvalue weighted by Crippen LogP contribution is -2.61. The molecule has 2 saturated heterocycles. The third-order valence-corrected chi connectivity index (χ3v) is 4.42. The van der Waals surface area contributed by atoms with E-state index in [1.807, 2.05) is 0 Å². The van der Waals surface area contributed by atoms with Crippen LogP contribution in [0.2, 0.25) is 5.02 Å². The molecule has 2 amide bonds. The Balaban J connectivity index is 1.67. The van der Waals surface area contributed by atoms with Crippen LogP contribution >= 0.6 is 11.6 Å². The van der Waals surface area contributed by atoms with E-state index in [0.29, 0.717) is 19.5 Å². The van der Waals surface area contributed by atoms with Crippen molar-refractivity contribution in [2.75, 3.05) is 19.7 Å². The first kappa shape index (κ1) is 15.2. The van der Waals surface area contributed by atoms with Gasteiger partial charge in [0.25, 0.3) is 0 Å². The first-order valence-corrected chi connectivity index (χ1v) is 7.54. The Morgan fingerprint density at radius 1 is 1.50 bits per heavy atom. The van der Waals surface area contributed by atoms with Gasteiger partial charge in [-0.1, -0.05) is 17.7 Å². The Morgan fingerprint density at radius 2 is 2.32 bits per heavy atom. The van der Waals surface area contributed by atoms with Gasteiger partial charge in [0.2, 0.25) is 11.8 Å².